The van der Waals surface area contributed by atoms with Gasteiger partial charge in [-0.3, -0.25) is 0 Å². The van der Waals surface area contributed by atoms with E-state index in [9.17, 15) is 4.39 Å². The number of hydrogen-bond donors (Lipinski definition) is 0. The molecule has 168 valence electrons. The Kier molecular flexibility index (Phi) is 5.54. The molecule has 5 rings (SSSR count). The Hall–Kier alpha value is -3.74. The highest BCUT2D eigenvalue weighted by Crippen LogP contribution is 2.38. The summed E-state index contributed by atoms with van der Waals surface area (Å²) < 4.78 is 21.1. The third-order valence-corrected chi connectivity index (χ3v) is 6.28. The average Bonchev–Trinajstić information content (AvgIpc) is 3.29. The SMILES string of the molecule is COc1cc(-c2ncnc3c2CCCN3C(C)c2ccc(F)cc2)ccc1-n1cnc(C)c1. The summed E-state index contributed by atoms with van der Waals surface area (Å²) in [5.74, 6) is 1.47. The molecule has 1 unspecified atom stereocenters. The van der Waals surface area contributed by atoms with Crippen molar-refractivity contribution >= 4 is 5.82 Å². The zero-order valence-electron chi connectivity index (χ0n) is 19.0. The van der Waals surface area contributed by atoms with Gasteiger partial charge in [-0.1, -0.05) is 18.2 Å². The molecule has 33 heavy (non-hydrogen) atoms. The molecule has 0 amide bonds. The van der Waals surface area contributed by atoms with E-state index in [1.165, 1.54) is 12.1 Å². The summed E-state index contributed by atoms with van der Waals surface area (Å²) in [7, 11) is 1.67. The van der Waals surface area contributed by atoms with E-state index in [2.05, 4.69) is 32.8 Å². The third-order valence-electron chi connectivity index (χ3n) is 6.28. The summed E-state index contributed by atoms with van der Waals surface area (Å²) in [5.41, 5.74) is 5.97. The quantitative estimate of drug-likeness (QED) is 0.419. The summed E-state index contributed by atoms with van der Waals surface area (Å²) in [4.78, 5) is 15.9. The van der Waals surface area contributed by atoms with Gasteiger partial charge < -0.3 is 14.2 Å². The van der Waals surface area contributed by atoms with Crippen LogP contribution in [-0.4, -0.2) is 33.2 Å². The number of aromatic nitrogens is 4. The highest BCUT2D eigenvalue weighted by atomic mass is 19.1. The van der Waals surface area contributed by atoms with E-state index in [4.69, 9.17) is 4.74 Å². The number of methoxy groups -OCH3 is 1. The van der Waals surface area contributed by atoms with Gasteiger partial charge in [0.1, 0.15) is 23.7 Å². The number of imidazole rings is 1. The molecule has 0 N–H and O–H groups in total. The van der Waals surface area contributed by atoms with E-state index >= 15 is 0 Å². The maximum Gasteiger partial charge on any atom is 0.143 e. The predicted octanol–water partition coefficient (Wildman–Crippen LogP) is 5.30. The first kappa shape index (κ1) is 21.1. The summed E-state index contributed by atoms with van der Waals surface area (Å²) in [5, 5.41) is 0. The van der Waals surface area contributed by atoms with Gasteiger partial charge in [-0.25, -0.2) is 19.3 Å². The third kappa shape index (κ3) is 3.95. The smallest absolute Gasteiger partial charge is 0.143 e. The molecule has 2 aromatic heterocycles. The number of hydrogen-bond acceptors (Lipinski definition) is 5. The summed E-state index contributed by atoms with van der Waals surface area (Å²) >= 11 is 0. The first-order valence-corrected chi connectivity index (χ1v) is 11.1. The Bertz CT molecular complexity index is 1280. The molecule has 0 aliphatic carbocycles. The van der Waals surface area contributed by atoms with Gasteiger partial charge in [-0.05, 0) is 56.5 Å². The molecule has 0 saturated heterocycles. The van der Waals surface area contributed by atoms with Crippen LogP contribution in [-0.2, 0) is 6.42 Å². The number of aryl methyl sites for hydroxylation is 1. The molecule has 4 aromatic rings. The minimum absolute atomic E-state index is 0.0776. The van der Waals surface area contributed by atoms with Gasteiger partial charge in [0, 0.05) is 23.9 Å². The number of anilines is 1. The first-order chi connectivity index (χ1) is 16.0. The van der Waals surface area contributed by atoms with Gasteiger partial charge >= 0.3 is 0 Å². The number of ether oxygens (including phenoxy) is 1. The molecule has 6 nitrogen and oxygen atoms in total. The summed E-state index contributed by atoms with van der Waals surface area (Å²) in [6.07, 6.45) is 7.29. The largest absolute Gasteiger partial charge is 0.495 e. The molecule has 1 atom stereocenters. The Morgan fingerprint density at radius 2 is 1.88 bits per heavy atom. The van der Waals surface area contributed by atoms with Crippen LogP contribution in [0.25, 0.3) is 16.9 Å². The van der Waals surface area contributed by atoms with Crippen molar-refractivity contribution in [3.8, 4) is 22.7 Å². The predicted molar refractivity (Wildman–Crippen MR) is 126 cm³/mol. The number of benzene rings is 2. The van der Waals surface area contributed by atoms with Crippen LogP contribution in [0, 0.1) is 12.7 Å². The second-order valence-electron chi connectivity index (χ2n) is 8.36. The second kappa shape index (κ2) is 8.65. The van der Waals surface area contributed by atoms with Crippen molar-refractivity contribution in [2.45, 2.75) is 32.7 Å². The number of halogens is 1. The Morgan fingerprint density at radius 3 is 2.61 bits per heavy atom. The monoisotopic (exact) mass is 443 g/mol. The van der Waals surface area contributed by atoms with Crippen LogP contribution < -0.4 is 9.64 Å². The molecule has 2 aromatic carbocycles. The molecule has 3 heterocycles. The first-order valence-electron chi connectivity index (χ1n) is 11.1. The molecule has 1 aliphatic rings. The van der Waals surface area contributed by atoms with Gasteiger partial charge in [-0.2, -0.15) is 0 Å². The standard InChI is InChI=1S/C26H26FN5O/c1-17-14-31(16-30-17)23-11-8-20(13-24(23)33-3)25-22-5-4-12-32(26(22)29-15-28-25)18(2)19-6-9-21(27)10-7-19/h6-11,13-16,18H,4-5,12H2,1-3H3. The molecule has 1 aliphatic heterocycles. The van der Waals surface area contributed by atoms with Crippen molar-refractivity contribution in [3.63, 3.8) is 0 Å². The maximum atomic E-state index is 13.4. The van der Waals surface area contributed by atoms with Crippen LogP contribution in [0.5, 0.6) is 5.75 Å². The van der Waals surface area contributed by atoms with Crippen molar-refractivity contribution < 1.29 is 9.13 Å². The Balaban J connectivity index is 1.53. The molecule has 0 saturated carbocycles. The van der Waals surface area contributed by atoms with Crippen LogP contribution in [0.15, 0.2) is 61.3 Å². The number of rotatable bonds is 5. The normalized spacial score (nSPS) is 14.1. The van der Waals surface area contributed by atoms with Crippen molar-refractivity contribution in [2.75, 3.05) is 18.6 Å². The summed E-state index contributed by atoms with van der Waals surface area (Å²) in [6.45, 7) is 4.99. The fraction of sp³-hybridized carbons (Fsp3) is 0.269. The molecule has 0 bridgehead atoms. The number of fused-ring (bicyclic) bond motifs is 1. The zero-order valence-corrected chi connectivity index (χ0v) is 19.0. The molecule has 7 heteroatoms. The number of nitrogens with zero attached hydrogens (tertiary/aromatic N) is 5. The van der Waals surface area contributed by atoms with Gasteiger partial charge in [0.15, 0.2) is 0 Å². The van der Waals surface area contributed by atoms with E-state index in [-0.39, 0.29) is 11.9 Å². The van der Waals surface area contributed by atoms with Crippen LogP contribution in [0.1, 0.15) is 36.2 Å². The minimum atomic E-state index is -0.224. The molecule has 0 spiro atoms. The Labute approximate surface area is 192 Å². The van der Waals surface area contributed by atoms with Crippen molar-refractivity contribution in [1.29, 1.82) is 0 Å². The van der Waals surface area contributed by atoms with Crippen molar-refractivity contribution in [2.24, 2.45) is 0 Å². The molecule has 0 fully saturated rings. The van der Waals surface area contributed by atoms with Gasteiger partial charge in [0.25, 0.3) is 0 Å². The second-order valence-corrected chi connectivity index (χ2v) is 8.36. The lowest BCUT2D eigenvalue weighted by Gasteiger charge is -2.36. The average molecular weight is 444 g/mol. The lowest BCUT2D eigenvalue weighted by Crippen LogP contribution is -2.33. The molecular weight excluding hydrogens is 417 g/mol. The lowest BCUT2D eigenvalue weighted by atomic mass is 9.96. The van der Waals surface area contributed by atoms with E-state index in [1.54, 1.807) is 19.8 Å². The maximum absolute atomic E-state index is 13.4. The van der Waals surface area contributed by atoms with Gasteiger partial charge in [-0.15, -0.1) is 0 Å². The Morgan fingerprint density at radius 1 is 1.06 bits per heavy atom. The lowest BCUT2D eigenvalue weighted by molar-refractivity contribution is 0.413. The van der Waals surface area contributed by atoms with Crippen LogP contribution in [0.2, 0.25) is 0 Å². The van der Waals surface area contributed by atoms with Gasteiger partial charge in [0.2, 0.25) is 0 Å². The van der Waals surface area contributed by atoms with E-state index in [1.807, 2.05) is 42.0 Å². The molecular formula is C26H26FN5O. The fourth-order valence-electron chi connectivity index (χ4n) is 4.55. The molecule has 0 radical (unpaired) electrons. The van der Waals surface area contributed by atoms with E-state index in [0.717, 1.165) is 64.7 Å². The van der Waals surface area contributed by atoms with E-state index < -0.39 is 0 Å². The van der Waals surface area contributed by atoms with Gasteiger partial charge in [0.05, 0.1) is 36.6 Å². The fourth-order valence-corrected chi connectivity index (χ4v) is 4.55. The van der Waals surface area contributed by atoms with Crippen molar-refractivity contribution in [1.82, 2.24) is 19.5 Å². The highest BCUT2D eigenvalue weighted by molar-refractivity contribution is 5.72. The summed E-state index contributed by atoms with van der Waals surface area (Å²) in [6, 6.07) is 12.9. The van der Waals surface area contributed by atoms with E-state index in [0.29, 0.717) is 0 Å². The topological polar surface area (TPSA) is 56.1 Å². The van der Waals surface area contributed by atoms with Crippen LogP contribution >= 0.6 is 0 Å². The van der Waals surface area contributed by atoms with Crippen LogP contribution in [0.3, 0.4) is 0 Å². The minimum Gasteiger partial charge on any atom is -0.495 e. The highest BCUT2D eigenvalue weighted by Gasteiger charge is 2.27. The van der Waals surface area contributed by atoms with Crippen molar-refractivity contribution in [3.05, 3.63) is 84.0 Å². The van der Waals surface area contributed by atoms with Crippen LogP contribution in [0.4, 0.5) is 10.2 Å². The zero-order chi connectivity index (χ0) is 22.9.